The van der Waals surface area contributed by atoms with Crippen molar-refractivity contribution in [3.8, 4) is 6.01 Å². The van der Waals surface area contributed by atoms with Crippen LogP contribution < -0.4 is 15.1 Å². The molecule has 3 aromatic rings. The number of hydrogen-bond acceptors (Lipinski definition) is 9. The van der Waals surface area contributed by atoms with Gasteiger partial charge in [-0.05, 0) is 36.8 Å². The van der Waals surface area contributed by atoms with Crippen LogP contribution in [0.15, 0.2) is 47.6 Å². The zero-order chi connectivity index (χ0) is 21.7. The standard InChI is InChI=1S/C22H26N6O3/c1-22(2,29)15-31-21-25-19(24-20(26-21)28-9-11-30-12-10-28)14-23-27-18-8-7-16-5-3-4-6-17(16)13-18/h3-8,13-14,27,29H,9-12,15H2,1-2H3/b23-14+. The fourth-order valence-electron chi connectivity index (χ4n) is 3.05. The molecule has 4 rings (SSSR count). The Morgan fingerprint density at radius 1 is 1.13 bits per heavy atom. The highest BCUT2D eigenvalue weighted by Gasteiger charge is 2.19. The molecule has 1 saturated heterocycles. The minimum Gasteiger partial charge on any atom is -0.460 e. The lowest BCUT2D eigenvalue weighted by molar-refractivity contribution is 0.0249. The molecule has 0 atom stereocenters. The molecular weight excluding hydrogens is 396 g/mol. The van der Waals surface area contributed by atoms with Crippen molar-refractivity contribution < 1.29 is 14.6 Å². The van der Waals surface area contributed by atoms with Gasteiger partial charge < -0.3 is 19.5 Å². The number of hydrazone groups is 1. The van der Waals surface area contributed by atoms with Crippen LogP contribution in [0.2, 0.25) is 0 Å². The van der Waals surface area contributed by atoms with Crippen LogP contribution in [0.25, 0.3) is 10.8 Å². The first kappa shape index (κ1) is 21.0. The van der Waals surface area contributed by atoms with Crippen molar-refractivity contribution in [1.29, 1.82) is 0 Å². The summed E-state index contributed by atoms with van der Waals surface area (Å²) in [5.74, 6) is 0.853. The second kappa shape index (κ2) is 9.23. The smallest absolute Gasteiger partial charge is 0.321 e. The molecule has 0 spiro atoms. The third-order valence-corrected chi connectivity index (χ3v) is 4.59. The Bertz CT molecular complexity index is 1060. The van der Waals surface area contributed by atoms with Crippen LogP contribution >= 0.6 is 0 Å². The summed E-state index contributed by atoms with van der Waals surface area (Å²) in [6.07, 6.45) is 1.53. The molecule has 0 aliphatic carbocycles. The van der Waals surface area contributed by atoms with E-state index in [-0.39, 0.29) is 12.6 Å². The van der Waals surface area contributed by atoms with E-state index in [1.807, 2.05) is 35.2 Å². The molecule has 1 aromatic heterocycles. The summed E-state index contributed by atoms with van der Waals surface area (Å²) in [6, 6.07) is 14.3. The molecule has 9 heteroatoms. The molecule has 31 heavy (non-hydrogen) atoms. The van der Waals surface area contributed by atoms with Crippen LogP contribution in [0.1, 0.15) is 19.7 Å². The Morgan fingerprint density at radius 3 is 2.68 bits per heavy atom. The number of nitrogens with zero attached hydrogens (tertiary/aromatic N) is 5. The zero-order valence-electron chi connectivity index (χ0n) is 17.7. The molecule has 2 aromatic carbocycles. The van der Waals surface area contributed by atoms with E-state index in [0.29, 0.717) is 38.1 Å². The molecule has 1 fully saturated rings. The van der Waals surface area contributed by atoms with E-state index in [2.05, 4.69) is 37.6 Å². The van der Waals surface area contributed by atoms with Gasteiger partial charge in [0.05, 0.1) is 30.7 Å². The molecular formula is C22H26N6O3. The summed E-state index contributed by atoms with van der Waals surface area (Å²) in [7, 11) is 0. The third kappa shape index (κ3) is 5.87. The number of morpholine rings is 1. The third-order valence-electron chi connectivity index (χ3n) is 4.59. The maximum absolute atomic E-state index is 9.95. The normalized spacial score (nSPS) is 14.9. The van der Waals surface area contributed by atoms with E-state index >= 15 is 0 Å². The van der Waals surface area contributed by atoms with Crippen molar-refractivity contribution in [3.63, 3.8) is 0 Å². The van der Waals surface area contributed by atoms with Gasteiger partial charge in [0.15, 0.2) is 5.82 Å². The van der Waals surface area contributed by atoms with Gasteiger partial charge in [0.25, 0.3) is 0 Å². The summed E-state index contributed by atoms with van der Waals surface area (Å²) in [5, 5.41) is 16.5. The van der Waals surface area contributed by atoms with Crippen LogP contribution in [-0.2, 0) is 4.74 Å². The topological polar surface area (TPSA) is 105 Å². The van der Waals surface area contributed by atoms with Gasteiger partial charge in [0, 0.05) is 13.1 Å². The molecule has 0 amide bonds. The first-order chi connectivity index (χ1) is 15.0. The summed E-state index contributed by atoms with van der Waals surface area (Å²) >= 11 is 0. The highest BCUT2D eigenvalue weighted by Crippen LogP contribution is 2.19. The first-order valence-electron chi connectivity index (χ1n) is 10.2. The highest BCUT2D eigenvalue weighted by atomic mass is 16.5. The average molecular weight is 422 g/mol. The van der Waals surface area contributed by atoms with Crippen LogP contribution in [0.4, 0.5) is 11.6 Å². The Kier molecular flexibility index (Phi) is 6.24. The Hall–Kier alpha value is -3.30. The minimum absolute atomic E-state index is 0.0610. The van der Waals surface area contributed by atoms with E-state index in [1.165, 1.54) is 11.6 Å². The van der Waals surface area contributed by atoms with Gasteiger partial charge in [-0.15, -0.1) is 0 Å². The molecule has 2 heterocycles. The van der Waals surface area contributed by atoms with Gasteiger partial charge in [-0.1, -0.05) is 30.3 Å². The predicted octanol–water partition coefficient (Wildman–Crippen LogP) is 2.46. The number of fused-ring (bicyclic) bond motifs is 1. The maximum atomic E-state index is 9.95. The van der Waals surface area contributed by atoms with E-state index in [4.69, 9.17) is 9.47 Å². The largest absolute Gasteiger partial charge is 0.460 e. The lowest BCUT2D eigenvalue weighted by atomic mass is 10.1. The Labute approximate surface area is 180 Å². The van der Waals surface area contributed by atoms with Crippen molar-refractivity contribution in [2.45, 2.75) is 19.4 Å². The van der Waals surface area contributed by atoms with E-state index in [1.54, 1.807) is 13.8 Å². The SMILES string of the molecule is CC(C)(O)COc1nc(/C=N/Nc2ccc3ccccc3c2)nc(N2CCOCC2)n1. The highest BCUT2D eigenvalue weighted by molar-refractivity contribution is 5.86. The quantitative estimate of drug-likeness (QED) is 0.442. The second-order valence-corrected chi connectivity index (χ2v) is 7.91. The molecule has 2 N–H and O–H groups in total. The lowest BCUT2D eigenvalue weighted by Gasteiger charge is -2.27. The van der Waals surface area contributed by atoms with Gasteiger partial charge in [-0.3, -0.25) is 5.43 Å². The van der Waals surface area contributed by atoms with Gasteiger partial charge in [-0.2, -0.15) is 20.1 Å². The number of benzene rings is 2. The number of hydrogen-bond donors (Lipinski definition) is 2. The van der Waals surface area contributed by atoms with Gasteiger partial charge >= 0.3 is 6.01 Å². The van der Waals surface area contributed by atoms with Crippen molar-refractivity contribution in [2.24, 2.45) is 5.10 Å². The summed E-state index contributed by atoms with van der Waals surface area (Å²) in [5.41, 5.74) is 2.87. The molecule has 1 aliphatic heterocycles. The fraction of sp³-hybridized carbons (Fsp3) is 0.364. The first-order valence-corrected chi connectivity index (χ1v) is 10.2. The molecule has 0 unspecified atom stereocenters. The van der Waals surface area contributed by atoms with Crippen LogP contribution in [-0.4, -0.2) is 64.8 Å². The molecule has 9 nitrogen and oxygen atoms in total. The zero-order valence-corrected chi connectivity index (χ0v) is 17.7. The monoisotopic (exact) mass is 422 g/mol. The Morgan fingerprint density at radius 2 is 1.90 bits per heavy atom. The van der Waals surface area contributed by atoms with Crippen LogP contribution in [0.5, 0.6) is 6.01 Å². The Balaban J connectivity index is 1.53. The average Bonchev–Trinajstić information content (AvgIpc) is 2.78. The fourth-order valence-corrected chi connectivity index (χ4v) is 3.05. The van der Waals surface area contributed by atoms with E-state index < -0.39 is 5.60 Å². The predicted molar refractivity (Wildman–Crippen MR) is 120 cm³/mol. The molecule has 162 valence electrons. The van der Waals surface area contributed by atoms with Crippen molar-refractivity contribution in [1.82, 2.24) is 15.0 Å². The van der Waals surface area contributed by atoms with Crippen molar-refractivity contribution in [2.75, 3.05) is 43.2 Å². The molecule has 0 bridgehead atoms. The van der Waals surface area contributed by atoms with Crippen LogP contribution in [0, 0.1) is 0 Å². The van der Waals surface area contributed by atoms with Gasteiger partial charge in [0.2, 0.25) is 5.95 Å². The number of anilines is 2. The van der Waals surface area contributed by atoms with Gasteiger partial charge in [0.1, 0.15) is 6.61 Å². The number of ether oxygens (including phenoxy) is 2. The molecule has 1 aliphatic rings. The summed E-state index contributed by atoms with van der Waals surface area (Å²) < 4.78 is 11.0. The lowest BCUT2D eigenvalue weighted by Crippen LogP contribution is -2.37. The number of nitrogens with one attached hydrogen (secondary N) is 1. The minimum atomic E-state index is -1.00. The summed E-state index contributed by atoms with van der Waals surface area (Å²) in [4.78, 5) is 15.2. The molecule has 0 radical (unpaired) electrons. The number of aliphatic hydroxyl groups is 1. The van der Waals surface area contributed by atoms with Crippen molar-refractivity contribution in [3.05, 3.63) is 48.3 Å². The molecule has 0 saturated carbocycles. The number of aromatic nitrogens is 3. The maximum Gasteiger partial charge on any atom is 0.321 e. The number of rotatable bonds is 7. The van der Waals surface area contributed by atoms with E-state index in [0.717, 1.165) is 11.1 Å². The van der Waals surface area contributed by atoms with E-state index in [9.17, 15) is 5.11 Å². The second-order valence-electron chi connectivity index (χ2n) is 7.91. The van der Waals surface area contributed by atoms with Crippen LogP contribution in [0.3, 0.4) is 0 Å². The van der Waals surface area contributed by atoms with Gasteiger partial charge in [-0.25, -0.2) is 0 Å². The summed E-state index contributed by atoms with van der Waals surface area (Å²) in [6.45, 7) is 5.96. The van der Waals surface area contributed by atoms with Crippen molar-refractivity contribution >= 4 is 28.6 Å².